The van der Waals surface area contributed by atoms with Gasteiger partial charge in [0.15, 0.2) is 5.96 Å². The smallest absolute Gasteiger partial charge is 0.193 e. The number of hydrogen-bond acceptors (Lipinski definition) is 2. The molecule has 0 aromatic rings. The van der Waals surface area contributed by atoms with Gasteiger partial charge in [0.25, 0.3) is 0 Å². The molecule has 0 unspecified atom stereocenters. The van der Waals surface area contributed by atoms with Crippen LogP contribution in [0, 0.1) is 11.3 Å². The van der Waals surface area contributed by atoms with E-state index in [0.717, 1.165) is 18.4 Å². The molecule has 0 atom stereocenters. The van der Waals surface area contributed by atoms with Crippen molar-refractivity contribution in [3.05, 3.63) is 0 Å². The number of guanidine groups is 1. The van der Waals surface area contributed by atoms with E-state index in [-0.39, 0.29) is 24.0 Å². The van der Waals surface area contributed by atoms with Gasteiger partial charge in [0, 0.05) is 26.7 Å². The number of nitrogens with zero attached hydrogens (tertiary/aromatic N) is 3. The maximum absolute atomic E-state index is 4.60. The molecule has 3 fully saturated rings. The van der Waals surface area contributed by atoms with Gasteiger partial charge in [-0.25, -0.2) is 0 Å². The van der Waals surface area contributed by atoms with Crippen LogP contribution >= 0.6 is 24.0 Å². The highest BCUT2D eigenvalue weighted by Gasteiger charge is 2.39. The highest BCUT2D eigenvalue weighted by atomic mass is 127. The first-order valence-corrected chi connectivity index (χ1v) is 10.4. The molecule has 1 N–H and O–H groups in total. The summed E-state index contributed by atoms with van der Waals surface area (Å²) in [6.45, 7) is 9.67. The van der Waals surface area contributed by atoms with Crippen LogP contribution in [0.1, 0.15) is 64.7 Å². The van der Waals surface area contributed by atoms with Gasteiger partial charge in [-0.1, -0.05) is 26.2 Å². The molecule has 25 heavy (non-hydrogen) atoms. The Labute approximate surface area is 172 Å². The zero-order valence-electron chi connectivity index (χ0n) is 16.4. The normalized spacial score (nSPS) is 25.2. The fraction of sp³-hybridized carbons (Fsp3) is 0.950. The molecule has 2 heterocycles. The van der Waals surface area contributed by atoms with Crippen LogP contribution < -0.4 is 5.32 Å². The third-order valence-electron chi connectivity index (χ3n) is 6.66. The largest absolute Gasteiger partial charge is 0.356 e. The lowest BCUT2D eigenvalue weighted by atomic mass is 9.73. The third kappa shape index (κ3) is 5.72. The minimum atomic E-state index is 0. The van der Waals surface area contributed by atoms with Crippen molar-refractivity contribution in [1.29, 1.82) is 0 Å². The third-order valence-corrected chi connectivity index (χ3v) is 6.66. The van der Waals surface area contributed by atoms with Crippen molar-refractivity contribution >= 4 is 29.9 Å². The monoisotopic (exact) mass is 462 g/mol. The summed E-state index contributed by atoms with van der Waals surface area (Å²) < 4.78 is 0. The molecule has 0 amide bonds. The summed E-state index contributed by atoms with van der Waals surface area (Å²) in [5, 5.41) is 3.71. The van der Waals surface area contributed by atoms with Crippen LogP contribution in [-0.2, 0) is 0 Å². The Kier molecular flexibility index (Phi) is 8.79. The Morgan fingerprint density at radius 3 is 2.44 bits per heavy atom. The molecule has 1 saturated carbocycles. The van der Waals surface area contributed by atoms with Crippen LogP contribution in [0.25, 0.3) is 0 Å². The second-order valence-corrected chi connectivity index (χ2v) is 8.45. The van der Waals surface area contributed by atoms with Crippen LogP contribution in [0.15, 0.2) is 4.99 Å². The molecule has 0 radical (unpaired) electrons. The van der Waals surface area contributed by atoms with Crippen molar-refractivity contribution in [2.45, 2.75) is 64.7 Å². The predicted molar refractivity (Wildman–Crippen MR) is 118 cm³/mol. The molecule has 3 aliphatic rings. The van der Waals surface area contributed by atoms with E-state index in [0.29, 0.717) is 5.41 Å². The summed E-state index contributed by atoms with van der Waals surface area (Å²) in [6.07, 6.45) is 12.6. The van der Waals surface area contributed by atoms with Gasteiger partial charge in [-0.05, 0) is 69.5 Å². The molecule has 0 bridgehead atoms. The van der Waals surface area contributed by atoms with E-state index >= 15 is 0 Å². The van der Waals surface area contributed by atoms with Crippen molar-refractivity contribution in [2.75, 3.05) is 46.3 Å². The minimum absolute atomic E-state index is 0. The summed E-state index contributed by atoms with van der Waals surface area (Å²) >= 11 is 0. The number of piperidine rings is 1. The molecule has 3 rings (SSSR count). The molecule has 2 aliphatic heterocycles. The lowest BCUT2D eigenvalue weighted by Crippen LogP contribution is -2.45. The Morgan fingerprint density at radius 1 is 1.08 bits per heavy atom. The second-order valence-electron chi connectivity index (χ2n) is 8.45. The Balaban J connectivity index is 0.00000225. The van der Waals surface area contributed by atoms with E-state index in [1.807, 2.05) is 7.05 Å². The first-order valence-electron chi connectivity index (χ1n) is 10.4. The maximum atomic E-state index is 4.60. The van der Waals surface area contributed by atoms with E-state index in [1.165, 1.54) is 90.5 Å². The van der Waals surface area contributed by atoms with Crippen LogP contribution in [0.3, 0.4) is 0 Å². The van der Waals surface area contributed by atoms with E-state index < -0.39 is 0 Å². The molecule has 1 aliphatic carbocycles. The first-order chi connectivity index (χ1) is 11.7. The Morgan fingerprint density at radius 2 is 1.80 bits per heavy atom. The van der Waals surface area contributed by atoms with Gasteiger partial charge in [-0.3, -0.25) is 4.99 Å². The van der Waals surface area contributed by atoms with Crippen LogP contribution in [0.5, 0.6) is 0 Å². The van der Waals surface area contributed by atoms with Crippen molar-refractivity contribution < 1.29 is 0 Å². The number of rotatable bonds is 4. The second kappa shape index (κ2) is 10.3. The van der Waals surface area contributed by atoms with Gasteiger partial charge < -0.3 is 15.1 Å². The van der Waals surface area contributed by atoms with E-state index in [2.05, 4.69) is 27.0 Å². The first kappa shape index (κ1) is 21.3. The molecular formula is C20H39IN4. The Hall–Kier alpha value is -0.0400. The minimum Gasteiger partial charge on any atom is -0.356 e. The lowest BCUT2D eigenvalue weighted by molar-refractivity contribution is 0.184. The van der Waals surface area contributed by atoms with Gasteiger partial charge >= 0.3 is 0 Å². The van der Waals surface area contributed by atoms with Gasteiger partial charge in [-0.2, -0.15) is 0 Å². The zero-order valence-corrected chi connectivity index (χ0v) is 18.8. The summed E-state index contributed by atoms with van der Waals surface area (Å²) in [4.78, 5) is 9.76. The standard InChI is InChI=1S/C20H38N4.HI/c1-3-12-23-13-7-18(8-14-23)16-22-19(21-2)24-15-11-20(17-24)9-5-4-6-10-20;/h18H,3-17H2,1-2H3,(H,21,22);1H. The summed E-state index contributed by atoms with van der Waals surface area (Å²) in [5.74, 6) is 1.98. The summed E-state index contributed by atoms with van der Waals surface area (Å²) in [6, 6.07) is 0. The molecule has 2 saturated heterocycles. The van der Waals surface area contributed by atoms with Crippen molar-refractivity contribution in [3.63, 3.8) is 0 Å². The lowest BCUT2D eigenvalue weighted by Gasteiger charge is -2.34. The fourth-order valence-corrected chi connectivity index (χ4v) is 5.12. The van der Waals surface area contributed by atoms with E-state index in [4.69, 9.17) is 0 Å². The summed E-state index contributed by atoms with van der Waals surface area (Å²) in [7, 11) is 1.96. The average molecular weight is 462 g/mol. The highest BCUT2D eigenvalue weighted by molar-refractivity contribution is 14.0. The number of hydrogen-bond donors (Lipinski definition) is 1. The quantitative estimate of drug-likeness (QED) is 0.390. The average Bonchev–Trinajstić information content (AvgIpc) is 3.01. The fourth-order valence-electron chi connectivity index (χ4n) is 5.12. The molecule has 0 aromatic carbocycles. The van der Waals surface area contributed by atoms with Gasteiger partial charge in [0.2, 0.25) is 0 Å². The maximum Gasteiger partial charge on any atom is 0.193 e. The highest BCUT2D eigenvalue weighted by Crippen LogP contribution is 2.43. The Bertz CT molecular complexity index is 412. The van der Waals surface area contributed by atoms with Crippen molar-refractivity contribution in [2.24, 2.45) is 16.3 Å². The van der Waals surface area contributed by atoms with Gasteiger partial charge in [0.1, 0.15) is 0 Å². The predicted octanol–water partition coefficient (Wildman–Crippen LogP) is 3.96. The number of nitrogens with one attached hydrogen (secondary N) is 1. The van der Waals surface area contributed by atoms with Crippen LogP contribution in [0.2, 0.25) is 0 Å². The molecule has 146 valence electrons. The zero-order chi connectivity index (χ0) is 16.8. The molecule has 1 spiro atoms. The van der Waals surface area contributed by atoms with Gasteiger partial charge in [-0.15, -0.1) is 24.0 Å². The van der Waals surface area contributed by atoms with Crippen molar-refractivity contribution in [1.82, 2.24) is 15.1 Å². The topological polar surface area (TPSA) is 30.9 Å². The van der Waals surface area contributed by atoms with Crippen molar-refractivity contribution in [3.8, 4) is 0 Å². The molecule has 4 nitrogen and oxygen atoms in total. The van der Waals surface area contributed by atoms with Crippen LogP contribution in [0.4, 0.5) is 0 Å². The van der Waals surface area contributed by atoms with E-state index in [1.54, 1.807) is 0 Å². The number of likely N-dealkylation sites (tertiary alicyclic amines) is 2. The van der Waals surface area contributed by atoms with Gasteiger partial charge in [0.05, 0.1) is 0 Å². The molecule has 5 heteroatoms. The SMILES string of the molecule is CCCN1CCC(CNC(=NC)N2CCC3(CCCCC3)C2)CC1.I. The molecular weight excluding hydrogens is 423 g/mol. The number of halogens is 1. The van der Waals surface area contributed by atoms with E-state index in [9.17, 15) is 0 Å². The summed E-state index contributed by atoms with van der Waals surface area (Å²) in [5.41, 5.74) is 0.612. The number of aliphatic imine (C=N–C) groups is 1. The van der Waals surface area contributed by atoms with Crippen LogP contribution in [-0.4, -0.2) is 62.1 Å². The molecule has 0 aromatic heterocycles.